The molecule has 0 bridgehead atoms. The standard InChI is InChI=1S/C22H26N6O/c1-2-25-22(29)20-15-28(19-8-4-3-5-9-19)26-21(20)18-7-6-10-27(14-18)13-17-11-23-16-24-12-17/h3-5,8-9,11-12,15-16,18H,2,6-7,10,13-14H2,1H3,(H,25,29)/t18-/m0/s1. The Kier molecular flexibility index (Phi) is 5.95. The monoisotopic (exact) mass is 390 g/mol. The Morgan fingerprint density at radius 2 is 2.00 bits per heavy atom. The molecule has 2 aromatic heterocycles. The molecule has 7 heteroatoms. The van der Waals surface area contributed by atoms with Gasteiger partial charge in [0.25, 0.3) is 5.91 Å². The molecule has 150 valence electrons. The van der Waals surface area contributed by atoms with Crippen LogP contribution in [0.2, 0.25) is 0 Å². The molecule has 1 saturated heterocycles. The van der Waals surface area contributed by atoms with Crippen LogP contribution < -0.4 is 5.32 Å². The summed E-state index contributed by atoms with van der Waals surface area (Å²) in [6.07, 6.45) is 9.24. The lowest BCUT2D eigenvalue weighted by molar-refractivity contribution is 0.0953. The molecule has 3 aromatic rings. The van der Waals surface area contributed by atoms with Gasteiger partial charge in [-0.25, -0.2) is 14.6 Å². The van der Waals surface area contributed by atoms with E-state index in [0.29, 0.717) is 12.1 Å². The van der Waals surface area contributed by atoms with E-state index in [0.717, 1.165) is 49.4 Å². The first kappa shape index (κ1) is 19.3. The van der Waals surface area contributed by atoms with Crippen molar-refractivity contribution in [3.8, 4) is 5.69 Å². The molecule has 0 spiro atoms. The first-order valence-corrected chi connectivity index (χ1v) is 10.1. The molecule has 0 radical (unpaired) electrons. The maximum atomic E-state index is 12.7. The third-order valence-corrected chi connectivity index (χ3v) is 5.26. The molecule has 1 aromatic carbocycles. The highest BCUT2D eigenvalue weighted by Gasteiger charge is 2.28. The van der Waals surface area contributed by atoms with Crippen molar-refractivity contribution in [3.05, 3.63) is 72.1 Å². The van der Waals surface area contributed by atoms with Crippen LogP contribution in [0.5, 0.6) is 0 Å². The fourth-order valence-electron chi connectivity index (χ4n) is 3.92. The molecule has 3 heterocycles. The van der Waals surface area contributed by atoms with Gasteiger partial charge in [0.05, 0.1) is 16.9 Å². The Labute approximate surface area is 170 Å². The average Bonchev–Trinajstić information content (AvgIpc) is 3.21. The minimum Gasteiger partial charge on any atom is -0.352 e. The van der Waals surface area contributed by atoms with Crippen LogP contribution in [0.4, 0.5) is 0 Å². The van der Waals surface area contributed by atoms with Crippen molar-refractivity contribution in [3.63, 3.8) is 0 Å². The van der Waals surface area contributed by atoms with E-state index < -0.39 is 0 Å². The summed E-state index contributed by atoms with van der Waals surface area (Å²) in [6, 6.07) is 9.94. The Hall–Kier alpha value is -3.06. The summed E-state index contributed by atoms with van der Waals surface area (Å²) in [7, 11) is 0. The topological polar surface area (TPSA) is 75.9 Å². The number of aromatic nitrogens is 4. The van der Waals surface area contributed by atoms with Gasteiger partial charge in [-0.3, -0.25) is 9.69 Å². The first-order chi connectivity index (χ1) is 14.2. The molecular weight excluding hydrogens is 364 g/mol. The van der Waals surface area contributed by atoms with E-state index >= 15 is 0 Å². The van der Waals surface area contributed by atoms with Crippen molar-refractivity contribution in [1.82, 2.24) is 30.0 Å². The van der Waals surface area contributed by atoms with Gasteiger partial charge in [-0.2, -0.15) is 5.10 Å². The second kappa shape index (κ2) is 8.96. The molecule has 1 aliphatic heterocycles. The molecular formula is C22H26N6O. The smallest absolute Gasteiger partial charge is 0.254 e. The fourth-order valence-corrected chi connectivity index (χ4v) is 3.92. The van der Waals surface area contributed by atoms with E-state index in [2.05, 4.69) is 20.2 Å². The lowest BCUT2D eigenvalue weighted by Crippen LogP contribution is -2.35. The van der Waals surface area contributed by atoms with Gasteiger partial charge in [0, 0.05) is 49.7 Å². The summed E-state index contributed by atoms with van der Waals surface area (Å²) in [5, 5.41) is 7.79. The molecule has 0 unspecified atom stereocenters. The minimum absolute atomic E-state index is 0.0572. The summed E-state index contributed by atoms with van der Waals surface area (Å²) >= 11 is 0. The lowest BCUT2D eigenvalue weighted by Gasteiger charge is -2.32. The van der Waals surface area contributed by atoms with Gasteiger partial charge in [0.1, 0.15) is 6.33 Å². The van der Waals surface area contributed by atoms with E-state index in [9.17, 15) is 4.79 Å². The number of likely N-dealkylation sites (tertiary alicyclic amines) is 1. The predicted octanol–water partition coefficient (Wildman–Crippen LogP) is 2.79. The number of hydrogen-bond donors (Lipinski definition) is 1. The van der Waals surface area contributed by atoms with Gasteiger partial charge >= 0.3 is 0 Å². The van der Waals surface area contributed by atoms with Crippen LogP contribution in [-0.2, 0) is 6.54 Å². The minimum atomic E-state index is -0.0572. The number of nitrogens with one attached hydrogen (secondary N) is 1. The molecule has 29 heavy (non-hydrogen) atoms. The van der Waals surface area contributed by atoms with Crippen molar-refractivity contribution in [2.75, 3.05) is 19.6 Å². The zero-order valence-corrected chi connectivity index (χ0v) is 16.7. The molecule has 1 atom stereocenters. The van der Waals surface area contributed by atoms with Gasteiger partial charge in [0.2, 0.25) is 0 Å². The summed E-state index contributed by atoms with van der Waals surface area (Å²) < 4.78 is 1.82. The number of carbonyl (C=O) groups excluding carboxylic acids is 1. The van der Waals surface area contributed by atoms with Crippen molar-refractivity contribution in [2.45, 2.75) is 32.2 Å². The summed E-state index contributed by atoms with van der Waals surface area (Å²) in [6.45, 7) is 5.24. The fraction of sp³-hybridized carbons (Fsp3) is 0.364. The largest absolute Gasteiger partial charge is 0.352 e. The third kappa shape index (κ3) is 4.51. The van der Waals surface area contributed by atoms with Crippen LogP contribution in [0.1, 0.15) is 47.3 Å². The SMILES string of the molecule is CCNC(=O)c1cn(-c2ccccc2)nc1[C@H]1CCCN(Cc2cncnc2)C1. The molecule has 1 fully saturated rings. The number of piperidine rings is 1. The number of rotatable bonds is 6. The highest BCUT2D eigenvalue weighted by molar-refractivity contribution is 5.95. The van der Waals surface area contributed by atoms with Crippen LogP contribution in [0.25, 0.3) is 5.69 Å². The number of carbonyl (C=O) groups is 1. The van der Waals surface area contributed by atoms with Crippen molar-refractivity contribution in [2.24, 2.45) is 0 Å². The van der Waals surface area contributed by atoms with Gasteiger partial charge in [0.15, 0.2) is 0 Å². The maximum Gasteiger partial charge on any atom is 0.254 e. The van der Waals surface area contributed by atoms with E-state index in [1.54, 1.807) is 6.33 Å². The third-order valence-electron chi connectivity index (χ3n) is 5.26. The number of para-hydroxylation sites is 1. The molecule has 1 N–H and O–H groups in total. The van der Waals surface area contributed by atoms with Crippen LogP contribution in [0, 0.1) is 0 Å². The summed E-state index contributed by atoms with van der Waals surface area (Å²) in [5.74, 6) is 0.161. The molecule has 4 rings (SSSR count). The van der Waals surface area contributed by atoms with Gasteiger partial charge in [-0.1, -0.05) is 18.2 Å². The van der Waals surface area contributed by atoms with Gasteiger partial charge in [-0.05, 0) is 38.4 Å². The van der Waals surface area contributed by atoms with Gasteiger partial charge < -0.3 is 5.32 Å². The van der Waals surface area contributed by atoms with Crippen LogP contribution in [0.3, 0.4) is 0 Å². The predicted molar refractivity (Wildman–Crippen MR) is 111 cm³/mol. The van der Waals surface area contributed by atoms with Crippen molar-refractivity contribution in [1.29, 1.82) is 0 Å². The number of benzene rings is 1. The second-order valence-electron chi connectivity index (χ2n) is 7.39. The van der Waals surface area contributed by atoms with Crippen molar-refractivity contribution < 1.29 is 4.79 Å². The normalized spacial score (nSPS) is 17.2. The zero-order chi connectivity index (χ0) is 20.1. The van der Waals surface area contributed by atoms with E-state index in [4.69, 9.17) is 5.10 Å². The summed E-state index contributed by atoms with van der Waals surface area (Å²) in [5.41, 5.74) is 3.62. The molecule has 1 aliphatic rings. The zero-order valence-electron chi connectivity index (χ0n) is 16.7. The molecule has 0 aliphatic carbocycles. The Balaban J connectivity index is 1.60. The number of amides is 1. The van der Waals surface area contributed by atoms with Crippen molar-refractivity contribution >= 4 is 5.91 Å². The Bertz CT molecular complexity index is 940. The molecule has 1 amide bonds. The summed E-state index contributed by atoms with van der Waals surface area (Å²) in [4.78, 5) is 23.4. The van der Waals surface area contributed by atoms with E-state index in [1.807, 2.05) is 60.5 Å². The van der Waals surface area contributed by atoms with E-state index in [1.165, 1.54) is 0 Å². The maximum absolute atomic E-state index is 12.7. The number of hydrogen-bond acceptors (Lipinski definition) is 5. The van der Waals surface area contributed by atoms with Crippen LogP contribution >= 0.6 is 0 Å². The Morgan fingerprint density at radius 3 is 2.76 bits per heavy atom. The molecule has 0 saturated carbocycles. The van der Waals surface area contributed by atoms with Gasteiger partial charge in [-0.15, -0.1) is 0 Å². The second-order valence-corrected chi connectivity index (χ2v) is 7.39. The number of nitrogens with zero attached hydrogens (tertiary/aromatic N) is 5. The Morgan fingerprint density at radius 1 is 1.21 bits per heavy atom. The lowest BCUT2D eigenvalue weighted by atomic mass is 9.92. The van der Waals surface area contributed by atoms with Crippen LogP contribution in [-0.4, -0.2) is 50.2 Å². The first-order valence-electron chi connectivity index (χ1n) is 10.1. The van der Waals surface area contributed by atoms with Crippen LogP contribution in [0.15, 0.2) is 55.2 Å². The highest BCUT2D eigenvalue weighted by atomic mass is 16.1. The van der Waals surface area contributed by atoms with E-state index in [-0.39, 0.29) is 11.8 Å². The molecule has 7 nitrogen and oxygen atoms in total. The highest BCUT2D eigenvalue weighted by Crippen LogP contribution is 2.30. The average molecular weight is 390 g/mol. The quantitative estimate of drug-likeness (QED) is 0.700.